The van der Waals surface area contributed by atoms with Crippen LogP contribution in [0.15, 0.2) is 30.3 Å². The monoisotopic (exact) mass is 310 g/mol. The van der Waals surface area contributed by atoms with Gasteiger partial charge in [0, 0.05) is 19.4 Å². The van der Waals surface area contributed by atoms with Crippen LogP contribution in [0.4, 0.5) is 0 Å². The molecule has 0 unspecified atom stereocenters. The quantitative estimate of drug-likeness (QED) is 0.759. The third kappa shape index (κ3) is 5.55. The van der Waals surface area contributed by atoms with Gasteiger partial charge in [0.05, 0.1) is 12.2 Å². The lowest BCUT2D eigenvalue weighted by Crippen LogP contribution is -2.43. The Bertz CT molecular complexity index is 425. The minimum atomic E-state index is -1.80. The van der Waals surface area contributed by atoms with Crippen molar-refractivity contribution in [2.24, 2.45) is 0 Å². The zero-order valence-electron chi connectivity index (χ0n) is 14.0. The van der Waals surface area contributed by atoms with Gasteiger partial charge in [0.2, 0.25) is 0 Å². The molecule has 0 fully saturated rings. The van der Waals surface area contributed by atoms with Crippen LogP contribution in [0.2, 0.25) is 18.1 Å². The van der Waals surface area contributed by atoms with Gasteiger partial charge in [-0.1, -0.05) is 51.1 Å². The molecule has 3 nitrogen and oxygen atoms in total. The fourth-order valence-electron chi connectivity index (χ4n) is 1.91. The Morgan fingerprint density at radius 1 is 1.10 bits per heavy atom. The van der Waals surface area contributed by atoms with E-state index in [1.165, 1.54) is 0 Å². The molecular weight excluding hydrogens is 280 g/mol. The van der Waals surface area contributed by atoms with E-state index in [2.05, 4.69) is 33.9 Å². The maximum Gasteiger partial charge on any atom is 0.191 e. The van der Waals surface area contributed by atoms with Crippen LogP contribution in [-0.2, 0) is 10.8 Å². The average molecular weight is 311 g/mol. The molecule has 1 aromatic rings. The molecule has 120 valence electrons. The van der Waals surface area contributed by atoms with Gasteiger partial charge in [-0.25, -0.2) is 0 Å². The van der Waals surface area contributed by atoms with Crippen LogP contribution < -0.4 is 0 Å². The highest BCUT2D eigenvalue weighted by Gasteiger charge is 2.37. The van der Waals surface area contributed by atoms with Gasteiger partial charge in [0.1, 0.15) is 0 Å². The summed E-state index contributed by atoms with van der Waals surface area (Å²) in [7, 11) is -1.80. The van der Waals surface area contributed by atoms with E-state index in [-0.39, 0.29) is 11.6 Å². The first-order valence-electron chi connectivity index (χ1n) is 7.61. The summed E-state index contributed by atoms with van der Waals surface area (Å²) in [5.74, 6) is 0. The minimum absolute atomic E-state index is 0.157. The smallest absolute Gasteiger partial charge is 0.191 e. The van der Waals surface area contributed by atoms with Crippen LogP contribution in [0.5, 0.6) is 0 Å². The van der Waals surface area contributed by atoms with Crippen molar-refractivity contribution in [2.75, 3.05) is 13.2 Å². The van der Waals surface area contributed by atoms with E-state index in [0.717, 1.165) is 5.56 Å². The van der Waals surface area contributed by atoms with Gasteiger partial charge < -0.3 is 14.6 Å². The van der Waals surface area contributed by atoms with Crippen LogP contribution in [0.25, 0.3) is 0 Å². The number of aliphatic hydroxyl groups excluding tert-OH is 1. The topological polar surface area (TPSA) is 49.7 Å². The van der Waals surface area contributed by atoms with Gasteiger partial charge >= 0.3 is 0 Å². The van der Waals surface area contributed by atoms with E-state index < -0.39 is 13.9 Å². The molecule has 0 heterocycles. The molecule has 0 aliphatic rings. The molecule has 0 amide bonds. The molecule has 2 N–H and O–H groups in total. The Hall–Kier alpha value is -0.683. The third-order valence-electron chi connectivity index (χ3n) is 4.51. The number of hydrogen-bond donors (Lipinski definition) is 2. The predicted molar refractivity (Wildman–Crippen MR) is 89.9 cm³/mol. The number of aliphatic hydroxyl groups is 2. The van der Waals surface area contributed by atoms with Crippen LogP contribution >= 0.6 is 0 Å². The normalized spacial score (nSPS) is 15.8. The largest absolute Gasteiger partial charge is 0.417 e. The van der Waals surface area contributed by atoms with Crippen LogP contribution in [-0.4, -0.2) is 37.3 Å². The molecule has 0 saturated heterocycles. The van der Waals surface area contributed by atoms with Gasteiger partial charge in [0.15, 0.2) is 8.32 Å². The summed E-state index contributed by atoms with van der Waals surface area (Å²) in [6, 6.07) is 9.77. The summed E-state index contributed by atoms with van der Waals surface area (Å²) in [4.78, 5) is 0. The Morgan fingerprint density at radius 3 is 2.14 bits per heavy atom. The highest BCUT2D eigenvalue weighted by molar-refractivity contribution is 6.74. The summed E-state index contributed by atoms with van der Waals surface area (Å²) in [5.41, 5.74) is -0.0784. The first-order valence-corrected chi connectivity index (χ1v) is 10.5. The van der Waals surface area contributed by atoms with Gasteiger partial charge in [-0.15, -0.1) is 0 Å². The zero-order valence-corrected chi connectivity index (χ0v) is 15.0. The maximum atomic E-state index is 10.6. The predicted octanol–water partition coefficient (Wildman–Crippen LogP) is 3.36. The van der Waals surface area contributed by atoms with Crippen molar-refractivity contribution < 1.29 is 14.6 Å². The van der Waals surface area contributed by atoms with Crippen molar-refractivity contribution in [3.05, 3.63) is 35.9 Å². The van der Waals surface area contributed by atoms with Crippen LogP contribution in [0.1, 0.15) is 32.8 Å². The van der Waals surface area contributed by atoms with E-state index in [1.807, 2.05) is 30.3 Å². The molecule has 0 saturated carbocycles. The van der Waals surface area contributed by atoms with E-state index in [1.54, 1.807) is 0 Å². The van der Waals surface area contributed by atoms with Crippen molar-refractivity contribution in [1.29, 1.82) is 0 Å². The molecule has 1 rings (SSSR count). The Balaban J connectivity index is 2.58. The van der Waals surface area contributed by atoms with Gasteiger partial charge in [-0.2, -0.15) is 0 Å². The fraction of sp³-hybridized carbons (Fsp3) is 0.647. The van der Waals surface area contributed by atoms with E-state index in [4.69, 9.17) is 4.43 Å². The molecular formula is C17H30O3Si. The van der Waals surface area contributed by atoms with Crippen LogP contribution in [0, 0.1) is 0 Å². The second kappa shape index (κ2) is 7.05. The SMILES string of the molecule is CC(C)(C)[Si](C)(C)OCC[C@](O)(CO)Cc1ccccc1. The lowest BCUT2D eigenvalue weighted by molar-refractivity contribution is -0.0300. The fourth-order valence-corrected chi connectivity index (χ4v) is 2.96. The summed E-state index contributed by atoms with van der Waals surface area (Å²) in [5, 5.41) is 20.3. The van der Waals surface area contributed by atoms with Crippen molar-refractivity contribution in [1.82, 2.24) is 0 Å². The molecule has 0 radical (unpaired) electrons. The summed E-state index contributed by atoms with van der Waals surface area (Å²) in [6.45, 7) is 11.2. The van der Waals surface area contributed by atoms with Gasteiger partial charge in [-0.3, -0.25) is 0 Å². The van der Waals surface area contributed by atoms with Crippen molar-refractivity contribution in [2.45, 2.75) is 57.3 Å². The maximum absolute atomic E-state index is 10.6. The zero-order chi connectivity index (χ0) is 16.1. The Kier molecular flexibility index (Phi) is 6.17. The summed E-state index contributed by atoms with van der Waals surface area (Å²) in [6.07, 6.45) is 0.899. The standard InChI is InChI=1S/C17H30O3Si/c1-16(2,3)21(4,5)20-12-11-17(19,14-18)13-15-9-7-6-8-10-15/h6-10,18-19H,11-14H2,1-5H3/t17-/m1/s1. The molecule has 0 aromatic heterocycles. The Morgan fingerprint density at radius 2 is 1.67 bits per heavy atom. The lowest BCUT2D eigenvalue weighted by Gasteiger charge is -2.37. The second-order valence-electron chi connectivity index (χ2n) is 7.40. The summed E-state index contributed by atoms with van der Waals surface area (Å²) < 4.78 is 6.10. The van der Waals surface area contributed by atoms with Crippen molar-refractivity contribution in [3.8, 4) is 0 Å². The van der Waals surface area contributed by atoms with E-state index in [0.29, 0.717) is 19.4 Å². The Labute approximate surface area is 130 Å². The van der Waals surface area contributed by atoms with Crippen molar-refractivity contribution >= 4 is 8.32 Å². The molecule has 1 atom stereocenters. The molecule has 0 bridgehead atoms. The van der Waals surface area contributed by atoms with E-state index >= 15 is 0 Å². The number of benzene rings is 1. The number of hydrogen-bond acceptors (Lipinski definition) is 3. The van der Waals surface area contributed by atoms with Gasteiger partial charge in [0.25, 0.3) is 0 Å². The molecule has 1 aromatic carbocycles. The third-order valence-corrected chi connectivity index (χ3v) is 9.05. The van der Waals surface area contributed by atoms with Crippen molar-refractivity contribution in [3.63, 3.8) is 0 Å². The summed E-state index contributed by atoms with van der Waals surface area (Å²) >= 11 is 0. The molecule has 4 heteroatoms. The average Bonchev–Trinajstić information content (AvgIpc) is 2.38. The minimum Gasteiger partial charge on any atom is -0.417 e. The molecule has 0 aliphatic carbocycles. The molecule has 21 heavy (non-hydrogen) atoms. The van der Waals surface area contributed by atoms with Gasteiger partial charge in [-0.05, 0) is 23.7 Å². The molecule has 0 spiro atoms. The van der Waals surface area contributed by atoms with Crippen LogP contribution in [0.3, 0.4) is 0 Å². The van der Waals surface area contributed by atoms with E-state index in [9.17, 15) is 10.2 Å². The first kappa shape index (κ1) is 18.4. The second-order valence-corrected chi connectivity index (χ2v) is 12.2. The number of rotatable bonds is 7. The molecule has 0 aliphatic heterocycles. The first-order chi connectivity index (χ1) is 9.60. The highest BCUT2D eigenvalue weighted by atomic mass is 28.4. The highest BCUT2D eigenvalue weighted by Crippen LogP contribution is 2.36. The lowest BCUT2D eigenvalue weighted by atomic mass is 9.92.